The predicted molar refractivity (Wildman–Crippen MR) is 40.1 cm³/mol. The highest BCUT2D eigenvalue weighted by Crippen LogP contribution is 1.91. The van der Waals surface area contributed by atoms with Gasteiger partial charge in [-0.15, -0.1) is 0 Å². The molecule has 0 rings (SSSR count). The van der Waals surface area contributed by atoms with E-state index in [9.17, 15) is 9.59 Å². The largest absolute Gasteiger partial charge is 0.480 e. The van der Waals surface area contributed by atoms with Crippen LogP contribution in [0.15, 0.2) is 0 Å². The van der Waals surface area contributed by atoms with E-state index in [1.807, 2.05) is 0 Å². The van der Waals surface area contributed by atoms with Crippen LogP contribution in [0.5, 0.6) is 0 Å². The maximum absolute atomic E-state index is 10.5. The number of aliphatic carboxylic acids is 1. The van der Waals surface area contributed by atoms with Crippen molar-refractivity contribution in [3.8, 4) is 0 Å². The van der Waals surface area contributed by atoms with Crippen molar-refractivity contribution in [3.63, 3.8) is 0 Å². The fourth-order valence-electron chi connectivity index (χ4n) is 0.692. The highest BCUT2D eigenvalue weighted by Gasteiger charge is 2.21. The van der Waals surface area contributed by atoms with Gasteiger partial charge in [0.15, 0.2) is 0 Å². The number of likely N-dealkylation sites (N-methyl/N-ethyl adjacent to an activating group) is 1. The Kier molecular flexibility index (Phi) is 4.24. The molecular weight excluding hydrogens is 164 g/mol. The molecule has 1 atom stereocenters. The van der Waals surface area contributed by atoms with Crippen LogP contribution >= 0.6 is 0 Å². The standard InChI is InChI=1S/C6H12N2O4/c1-4(10)7-8(2)5(3-9)6(11)12/h5,9H,3H2,1-2H3,(H,7,10)(H,11,12)/t5-/m0/s1. The third kappa shape index (κ3) is 3.31. The maximum Gasteiger partial charge on any atom is 0.325 e. The lowest BCUT2D eigenvalue weighted by molar-refractivity contribution is -0.146. The minimum atomic E-state index is -1.19. The van der Waals surface area contributed by atoms with Crippen molar-refractivity contribution in [1.29, 1.82) is 0 Å². The second-order valence-corrected chi connectivity index (χ2v) is 2.32. The van der Waals surface area contributed by atoms with Crippen molar-refractivity contribution in [3.05, 3.63) is 0 Å². The fourth-order valence-corrected chi connectivity index (χ4v) is 0.692. The lowest BCUT2D eigenvalue weighted by Crippen LogP contribution is -2.50. The van der Waals surface area contributed by atoms with Crippen molar-refractivity contribution in [2.24, 2.45) is 0 Å². The third-order valence-corrected chi connectivity index (χ3v) is 1.26. The molecule has 0 aromatic carbocycles. The lowest BCUT2D eigenvalue weighted by Gasteiger charge is -2.22. The van der Waals surface area contributed by atoms with E-state index < -0.39 is 18.6 Å². The first-order valence-electron chi connectivity index (χ1n) is 3.32. The predicted octanol–water partition coefficient (Wildman–Crippen LogP) is -1.59. The monoisotopic (exact) mass is 176 g/mol. The summed E-state index contributed by atoms with van der Waals surface area (Å²) >= 11 is 0. The zero-order chi connectivity index (χ0) is 9.72. The first-order chi connectivity index (χ1) is 5.49. The molecule has 0 aliphatic carbocycles. The average molecular weight is 176 g/mol. The summed E-state index contributed by atoms with van der Waals surface area (Å²) in [6.07, 6.45) is 0. The van der Waals surface area contributed by atoms with Gasteiger partial charge in [-0.1, -0.05) is 0 Å². The van der Waals surface area contributed by atoms with Gasteiger partial charge >= 0.3 is 5.97 Å². The Balaban J connectivity index is 4.11. The third-order valence-electron chi connectivity index (χ3n) is 1.26. The van der Waals surface area contributed by atoms with E-state index in [2.05, 4.69) is 5.43 Å². The van der Waals surface area contributed by atoms with Gasteiger partial charge in [0.05, 0.1) is 6.61 Å². The van der Waals surface area contributed by atoms with E-state index in [1.54, 1.807) is 0 Å². The van der Waals surface area contributed by atoms with E-state index in [-0.39, 0.29) is 5.91 Å². The molecule has 0 bridgehead atoms. The highest BCUT2D eigenvalue weighted by molar-refractivity contribution is 5.75. The summed E-state index contributed by atoms with van der Waals surface area (Å²) in [5.74, 6) is -1.56. The summed E-state index contributed by atoms with van der Waals surface area (Å²) in [6.45, 7) is 0.707. The molecule has 0 aromatic rings. The van der Waals surface area contributed by atoms with Crippen LogP contribution in [0.2, 0.25) is 0 Å². The van der Waals surface area contributed by atoms with Crippen LogP contribution in [0.3, 0.4) is 0 Å². The molecule has 12 heavy (non-hydrogen) atoms. The lowest BCUT2D eigenvalue weighted by atomic mass is 10.3. The summed E-state index contributed by atoms with van der Waals surface area (Å²) in [6, 6.07) is -1.10. The number of hydrogen-bond acceptors (Lipinski definition) is 4. The SMILES string of the molecule is CC(=O)NN(C)[C@@H](CO)C(=O)O. The Morgan fingerprint density at radius 1 is 1.58 bits per heavy atom. The second-order valence-electron chi connectivity index (χ2n) is 2.32. The fraction of sp³-hybridized carbons (Fsp3) is 0.667. The molecule has 0 unspecified atom stereocenters. The molecule has 6 heteroatoms. The van der Waals surface area contributed by atoms with Gasteiger partial charge in [0.25, 0.3) is 0 Å². The molecule has 0 aliphatic heterocycles. The summed E-state index contributed by atoms with van der Waals surface area (Å²) in [7, 11) is 1.37. The summed E-state index contributed by atoms with van der Waals surface area (Å²) < 4.78 is 0. The Morgan fingerprint density at radius 3 is 2.33 bits per heavy atom. The molecule has 0 aromatic heterocycles. The van der Waals surface area contributed by atoms with E-state index in [4.69, 9.17) is 10.2 Å². The number of carboxylic acid groups (broad SMARTS) is 1. The number of rotatable bonds is 4. The Labute approximate surface area is 69.8 Å². The van der Waals surface area contributed by atoms with Crippen LogP contribution < -0.4 is 5.43 Å². The number of carbonyl (C=O) groups excluding carboxylic acids is 1. The molecule has 0 heterocycles. The molecule has 0 spiro atoms. The summed E-state index contributed by atoms with van der Waals surface area (Å²) in [5, 5.41) is 18.2. The molecule has 0 fully saturated rings. The van der Waals surface area contributed by atoms with Gasteiger partial charge < -0.3 is 10.2 Å². The molecular formula is C6H12N2O4. The second kappa shape index (κ2) is 4.68. The van der Waals surface area contributed by atoms with E-state index in [0.717, 1.165) is 5.01 Å². The van der Waals surface area contributed by atoms with Crippen LogP contribution in [-0.2, 0) is 9.59 Å². The van der Waals surface area contributed by atoms with E-state index in [1.165, 1.54) is 14.0 Å². The van der Waals surface area contributed by atoms with Gasteiger partial charge in [-0.05, 0) is 0 Å². The van der Waals surface area contributed by atoms with Gasteiger partial charge in [0, 0.05) is 14.0 Å². The van der Waals surface area contributed by atoms with Gasteiger partial charge in [0.2, 0.25) is 5.91 Å². The maximum atomic E-state index is 10.5. The first-order valence-corrected chi connectivity index (χ1v) is 3.32. The smallest absolute Gasteiger partial charge is 0.325 e. The van der Waals surface area contributed by atoms with Crippen molar-refractivity contribution < 1.29 is 19.8 Å². The summed E-state index contributed by atoms with van der Waals surface area (Å²) in [5.41, 5.74) is 2.23. The minimum Gasteiger partial charge on any atom is -0.480 e. The topological polar surface area (TPSA) is 89.9 Å². The minimum absolute atomic E-state index is 0.378. The van der Waals surface area contributed by atoms with Crippen molar-refractivity contribution in [2.45, 2.75) is 13.0 Å². The normalized spacial score (nSPS) is 12.7. The first kappa shape index (κ1) is 10.9. The zero-order valence-corrected chi connectivity index (χ0v) is 6.94. The van der Waals surface area contributed by atoms with Gasteiger partial charge in [0.1, 0.15) is 6.04 Å². The number of carboxylic acids is 1. The summed E-state index contributed by atoms with van der Waals surface area (Å²) in [4.78, 5) is 20.9. The Hall–Kier alpha value is -1.14. The van der Waals surface area contributed by atoms with Crippen molar-refractivity contribution in [2.75, 3.05) is 13.7 Å². The number of aliphatic hydroxyl groups is 1. The number of nitrogens with zero attached hydrogens (tertiary/aromatic N) is 1. The Bertz CT molecular complexity index is 182. The van der Waals surface area contributed by atoms with Crippen LogP contribution in [0.25, 0.3) is 0 Å². The molecule has 1 amide bonds. The number of aliphatic hydroxyl groups excluding tert-OH is 1. The molecule has 70 valence electrons. The number of nitrogens with one attached hydrogen (secondary N) is 1. The molecule has 0 saturated heterocycles. The highest BCUT2D eigenvalue weighted by atomic mass is 16.4. The zero-order valence-electron chi connectivity index (χ0n) is 6.94. The quantitative estimate of drug-likeness (QED) is 0.449. The average Bonchev–Trinajstić information content (AvgIpc) is 1.85. The van der Waals surface area contributed by atoms with Gasteiger partial charge in [-0.25, -0.2) is 5.01 Å². The van der Waals surface area contributed by atoms with E-state index in [0.29, 0.717) is 0 Å². The van der Waals surface area contributed by atoms with Crippen LogP contribution in [0.4, 0.5) is 0 Å². The number of hydrogen-bond donors (Lipinski definition) is 3. The molecule has 0 aliphatic rings. The molecule has 0 radical (unpaired) electrons. The van der Waals surface area contributed by atoms with Crippen molar-refractivity contribution >= 4 is 11.9 Å². The van der Waals surface area contributed by atoms with Crippen LogP contribution in [0.1, 0.15) is 6.92 Å². The van der Waals surface area contributed by atoms with Crippen LogP contribution in [0, 0.1) is 0 Å². The molecule has 6 nitrogen and oxygen atoms in total. The molecule has 0 saturated carbocycles. The van der Waals surface area contributed by atoms with Crippen LogP contribution in [-0.4, -0.2) is 46.8 Å². The van der Waals surface area contributed by atoms with Gasteiger partial charge in [-0.3, -0.25) is 15.0 Å². The van der Waals surface area contributed by atoms with Crippen molar-refractivity contribution in [1.82, 2.24) is 10.4 Å². The number of carbonyl (C=O) groups is 2. The Morgan fingerprint density at radius 2 is 2.08 bits per heavy atom. The van der Waals surface area contributed by atoms with E-state index >= 15 is 0 Å². The molecule has 3 N–H and O–H groups in total. The number of amides is 1. The van der Waals surface area contributed by atoms with Gasteiger partial charge in [-0.2, -0.15) is 0 Å². The number of hydrazine groups is 1.